The quantitative estimate of drug-likeness (QED) is 0.176. The van der Waals surface area contributed by atoms with Crippen LogP contribution in [0.2, 0.25) is 0 Å². The van der Waals surface area contributed by atoms with E-state index in [1.165, 1.54) is 33.4 Å². The lowest BCUT2D eigenvalue weighted by atomic mass is 9.63. The second kappa shape index (κ2) is 12.7. The standard InChI is InChI=1S/C54H36N4/c1-5-16-36(17-6-1)51-37-27-29-49-46(32-37)54(45-26-15-31-55-52(45)53-48(54)33-38(35-56-53)43-24-13-14-25-44(43)51)47-34-42(28-30-50(47)58(49)41-22-11-4-12-23-41)57(39-18-7-2-8-19-39)40-20-9-3-10-21-40/h1-35,51H. The first-order valence-electron chi connectivity index (χ1n) is 19.9. The van der Waals surface area contributed by atoms with Crippen molar-refractivity contribution in [1.82, 2.24) is 9.97 Å². The Bertz CT molecular complexity index is 2980. The number of fused-ring (bicyclic) bond motifs is 7. The molecule has 0 N–H and O–H groups in total. The van der Waals surface area contributed by atoms with Gasteiger partial charge in [-0.25, -0.2) is 0 Å². The first kappa shape index (κ1) is 32.7. The first-order valence-corrected chi connectivity index (χ1v) is 19.9. The van der Waals surface area contributed by atoms with Gasteiger partial charge in [-0.05, 0) is 112 Å². The molecule has 1 spiro atoms. The maximum Gasteiger partial charge on any atom is 0.0937 e. The van der Waals surface area contributed by atoms with Crippen molar-refractivity contribution in [3.05, 3.63) is 252 Å². The molecule has 2 aromatic heterocycles. The van der Waals surface area contributed by atoms with Gasteiger partial charge in [0.1, 0.15) is 0 Å². The van der Waals surface area contributed by atoms with Gasteiger partial charge in [-0.3, -0.25) is 9.97 Å². The summed E-state index contributed by atoms with van der Waals surface area (Å²) in [6.07, 6.45) is 3.98. The van der Waals surface area contributed by atoms with E-state index in [9.17, 15) is 0 Å². The van der Waals surface area contributed by atoms with E-state index in [4.69, 9.17) is 9.97 Å². The van der Waals surface area contributed by atoms with Crippen molar-refractivity contribution < 1.29 is 0 Å². The van der Waals surface area contributed by atoms with E-state index in [-0.39, 0.29) is 5.92 Å². The Morgan fingerprint density at radius 2 is 1.07 bits per heavy atom. The van der Waals surface area contributed by atoms with Gasteiger partial charge >= 0.3 is 0 Å². The van der Waals surface area contributed by atoms with Gasteiger partial charge in [0.05, 0.1) is 28.2 Å². The van der Waals surface area contributed by atoms with Gasteiger partial charge in [0.15, 0.2) is 0 Å². The zero-order valence-electron chi connectivity index (χ0n) is 31.6. The highest BCUT2D eigenvalue weighted by molar-refractivity contribution is 5.96. The van der Waals surface area contributed by atoms with Crippen molar-refractivity contribution in [3.63, 3.8) is 0 Å². The molecule has 4 nitrogen and oxygen atoms in total. The molecular weight excluding hydrogens is 705 g/mol. The predicted octanol–water partition coefficient (Wildman–Crippen LogP) is 13.3. The average molecular weight is 741 g/mol. The number of aromatic nitrogens is 2. The Morgan fingerprint density at radius 1 is 0.448 bits per heavy atom. The fourth-order valence-electron chi connectivity index (χ4n) is 10.0. The number of hydrogen-bond acceptors (Lipinski definition) is 4. The lowest BCUT2D eigenvalue weighted by Crippen LogP contribution is -2.37. The molecule has 2 aliphatic carbocycles. The van der Waals surface area contributed by atoms with Crippen LogP contribution in [0.3, 0.4) is 0 Å². The molecule has 3 heterocycles. The zero-order valence-corrected chi connectivity index (χ0v) is 31.6. The number of hydrogen-bond donors (Lipinski definition) is 0. The van der Waals surface area contributed by atoms with Crippen LogP contribution in [0.15, 0.2) is 213 Å². The van der Waals surface area contributed by atoms with Crippen molar-refractivity contribution in [3.8, 4) is 22.5 Å². The highest BCUT2D eigenvalue weighted by atomic mass is 15.2. The molecule has 272 valence electrons. The number of pyridine rings is 2. The summed E-state index contributed by atoms with van der Waals surface area (Å²) in [6.45, 7) is 0. The van der Waals surface area contributed by atoms with Gasteiger partial charge in [-0.2, -0.15) is 0 Å². The molecule has 1 aliphatic heterocycles. The van der Waals surface area contributed by atoms with E-state index in [0.717, 1.165) is 62.2 Å². The summed E-state index contributed by atoms with van der Waals surface area (Å²) in [6, 6.07) is 73.1. The monoisotopic (exact) mass is 740 g/mol. The Morgan fingerprint density at radius 3 is 1.81 bits per heavy atom. The number of anilines is 6. The number of benzene rings is 7. The normalized spacial score (nSPS) is 16.5. The van der Waals surface area contributed by atoms with Crippen molar-refractivity contribution in [1.29, 1.82) is 0 Å². The van der Waals surface area contributed by atoms with E-state index in [2.05, 4.69) is 216 Å². The molecule has 0 amide bonds. The van der Waals surface area contributed by atoms with Crippen LogP contribution in [-0.4, -0.2) is 9.97 Å². The summed E-state index contributed by atoms with van der Waals surface area (Å²) < 4.78 is 0. The van der Waals surface area contributed by atoms with Crippen LogP contribution in [-0.2, 0) is 5.41 Å². The molecule has 3 aliphatic rings. The van der Waals surface area contributed by atoms with Crippen LogP contribution in [0.25, 0.3) is 22.5 Å². The fraction of sp³-hybridized carbons (Fsp3) is 0.0370. The molecule has 12 rings (SSSR count). The third-order valence-corrected chi connectivity index (χ3v) is 12.4. The molecule has 2 unspecified atom stereocenters. The van der Waals surface area contributed by atoms with E-state index < -0.39 is 5.41 Å². The second-order valence-electron chi connectivity index (χ2n) is 15.4. The Balaban J connectivity index is 1.25. The van der Waals surface area contributed by atoms with Gasteiger partial charge in [0.2, 0.25) is 0 Å². The average Bonchev–Trinajstić information content (AvgIpc) is 3.58. The van der Waals surface area contributed by atoms with Crippen LogP contribution >= 0.6 is 0 Å². The largest absolute Gasteiger partial charge is 0.310 e. The van der Waals surface area contributed by atoms with Crippen molar-refractivity contribution >= 4 is 34.1 Å². The minimum absolute atomic E-state index is 0.0136. The topological polar surface area (TPSA) is 32.3 Å². The minimum Gasteiger partial charge on any atom is -0.310 e. The van der Waals surface area contributed by atoms with E-state index in [0.29, 0.717) is 0 Å². The van der Waals surface area contributed by atoms with Gasteiger partial charge in [0.25, 0.3) is 0 Å². The van der Waals surface area contributed by atoms with Gasteiger partial charge in [0, 0.05) is 52.2 Å². The molecule has 58 heavy (non-hydrogen) atoms. The number of nitrogens with zero attached hydrogens (tertiary/aromatic N) is 4. The molecule has 4 heteroatoms. The van der Waals surface area contributed by atoms with Gasteiger partial charge in [-0.15, -0.1) is 0 Å². The van der Waals surface area contributed by atoms with Crippen LogP contribution in [0.4, 0.5) is 34.1 Å². The summed E-state index contributed by atoms with van der Waals surface area (Å²) in [7, 11) is 0. The first-order chi connectivity index (χ1) is 28.8. The summed E-state index contributed by atoms with van der Waals surface area (Å²) in [5, 5.41) is 0. The van der Waals surface area contributed by atoms with Gasteiger partial charge < -0.3 is 9.80 Å². The van der Waals surface area contributed by atoms with E-state index >= 15 is 0 Å². The molecule has 4 bridgehead atoms. The maximum atomic E-state index is 5.38. The summed E-state index contributed by atoms with van der Waals surface area (Å²) in [5.74, 6) is -0.0136. The third-order valence-electron chi connectivity index (χ3n) is 12.4. The van der Waals surface area contributed by atoms with Crippen LogP contribution in [0.5, 0.6) is 0 Å². The Labute approximate surface area is 338 Å². The van der Waals surface area contributed by atoms with Crippen LogP contribution < -0.4 is 9.80 Å². The van der Waals surface area contributed by atoms with E-state index in [1.54, 1.807) is 0 Å². The van der Waals surface area contributed by atoms with Crippen molar-refractivity contribution in [2.24, 2.45) is 0 Å². The fourth-order valence-corrected chi connectivity index (χ4v) is 10.0. The molecule has 0 fully saturated rings. The number of rotatable bonds is 5. The molecular formula is C54H36N4. The molecule has 7 aromatic carbocycles. The predicted molar refractivity (Wildman–Crippen MR) is 235 cm³/mol. The Hall–Kier alpha value is -7.56. The third kappa shape index (κ3) is 4.63. The van der Waals surface area contributed by atoms with E-state index in [1.807, 2.05) is 6.20 Å². The molecule has 2 atom stereocenters. The smallest absolute Gasteiger partial charge is 0.0937 e. The summed E-state index contributed by atoms with van der Waals surface area (Å²) in [5.41, 5.74) is 18.5. The summed E-state index contributed by atoms with van der Waals surface area (Å²) >= 11 is 0. The molecule has 0 saturated heterocycles. The zero-order chi connectivity index (χ0) is 38.2. The maximum absolute atomic E-state index is 5.38. The molecule has 9 aromatic rings. The highest BCUT2D eigenvalue weighted by Crippen LogP contribution is 2.64. The van der Waals surface area contributed by atoms with Crippen LogP contribution in [0, 0.1) is 0 Å². The molecule has 0 radical (unpaired) electrons. The van der Waals surface area contributed by atoms with Crippen LogP contribution in [0.1, 0.15) is 44.9 Å². The summed E-state index contributed by atoms with van der Waals surface area (Å²) in [4.78, 5) is 15.3. The SMILES string of the molecule is c1ccc(C2c3ccc4c(c3)C3(c5cc(N(c6ccccc6)c6ccccc6)ccc5N4c4ccccc4)c4cccnc4-c4ncc(cc43)-c3ccccc32)cc1. The minimum atomic E-state index is -0.740. The van der Waals surface area contributed by atoms with Crippen molar-refractivity contribution in [2.45, 2.75) is 11.3 Å². The van der Waals surface area contributed by atoms with Crippen molar-refractivity contribution in [2.75, 3.05) is 9.80 Å². The second-order valence-corrected chi connectivity index (χ2v) is 15.4. The Kier molecular flexibility index (Phi) is 7.17. The lowest BCUT2D eigenvalue weighted by Gasteiger charge is -2.46. The van der Waals surface area contributed by atoms with Gasteiger partial charge in [-0.1, -0.05) is 127 Å². The molecule has 0 saturated carbocycles. The number of para-hydroxylation sites is 3. The lowest BCUT2D eigenvalue weighted by molar-refractivity contribution is 0.745. The highest BCUT2D eigenvalue weighted by Gasteiger charge is 2.54.